The summed E-state index contributed by atoms with van der Waals surface area (Å²) >= 11 is 0. The largest absolute Gasteiger partial charge is 0.458 e. The molecule has 2 aliphatic rings. The number of para-hydroxylation sites is 2. The highest BCUT2D eigenvalue weighted by atomic mass is 16.3. The Bertz CT molecular complexity index is 1960. The zero-order valence-corrected chi connectivity index (χ0v) is 23.3. The van der Waals surface area contributed by atoms with Crippen LogP contribution in [0.4, 0.5) is 11.4 Å². The molecule has 6 aromatic rings. The van der Waals surface area contributed by atoms with Gasteiger partial charge in [0, 0.05) is 27.7 Å². The zero-order chi connectivity index (χ0) is 27.6. The predicted molar refractivity (Wildman–Crippen MR) is 171 cm³/mol. The van der Waals surface area contributed by atoms with Gasteiger partial charge in [0.25, 0.3) is 0 Å². The van der Waals surface area contributed by atoms with Crippen molar-refractivity contribution in [3.05, 3.63) is 150 Å². The molecule has 2 heteroatoms. The Labute approximate surface area is 241 Å². The number of anilines is 2. The Kier molecular flexibility index (Phi) is 5.33. The first kappa shape index (κ1) is 24.0. The molecule has 0 amide bonds. The molecule has 0 radical (unpaired) electrons. The molecule has 0 N–H and O–H groups in total. The normalized spacial score (nSPS) is 16.3. The SMILES string of the molecule is CC1(C)c2ccccc2-c2cc(-c3cccc(N(c4ccccc4)C4CC=Cc5c4oc4ccccc54)c3)ccc21. The van der Waals surface area contributed by atoms with E-state index in [1.807, 2.05) is 6.07 Å². The van der Waals surface area contributed by atoms with Crippen LogP contribution in [0.5, 0.6) is 0 Å². The summed E-state index contributed by atoms with van der Waals surface area (Å²) in [6.45, 7) is 4.67. The van der Waals surface area contributed by atoms with Crippen LogP contribution < -0.4 is 4.90 Å². The lowest BCUT2D eigenvalue weighted by molar-refractivity contribution is 0.488. The Morgan fingerprint density at radius 1 is 0.659 bits per heavy atom. The van der Waals surface area contributed by atoms with Crippen LogP contribution in [0.2, 0.25) is 0 Å². The molecule has 1 atom stereocenters. The maximum Gasteiger partial charge on any atom is 0.135 e. The molecular weight excluding hydrogens is 498 g/mol. The molecule has 1 aromatic heterocycles. The van der Waals surface area contributed by atoms with Gasteiger partial charge in [0.15, 0.2) is 0 Å². The molecule has 0 aliphatic heterocycles. The number of benzene rings is 5. The lowest BCUT2D eigenvalue weighted by Gasteiger charge is -2.34. The molecule has 0 bridgehead atoms. The highest BCUT2D eigenvalue weighted by Gasteiger charge is 2.35. The molecule has 198 valence electrons. The van der Waals surface area contributed by atoms with Crippen molar-refractivity contribution in [1.29, 1.82) is 0 Å². The molecule has 2 aliphatic carbocycles. The minimum Gasteiger partial charge on any atom is -0.458 e. The Hall–Kier alpha value is -4.82. The molecule has 0 saturated carbocycles. The first-order valence-corrected chi connectivity index (χ1v) is 14.5. The number of fused-ring (bicyclic) bond motifs is 6. The van der Waals surface area contributed by atoms with Gasteiger partial charge in [-0.15, -0.1) is 0 Å². The van der Waals surface area contributed by atoms with E-state index in [1.165, 1.54) is 44.3 Å². The Balaban J connectivity index is 1.26. The fraction of sp³-hybridized carbons (Fsp3) is 0.128. The van der Waals surface area contributed by atoms with E-state index < -0.39 is 0 Å². The van der Waals surface area contributed by atoms with E-state index in [9.17, 15) is 0 Å². The summed E-state index contributed by atoms with van der Waals surface area (Å²) in [5, 5.41) is 1.17. The van der Waals surface area contributed by atoms with Gasteiger partial charge in [0.2, 0.25) is 0 Å². The lowest BCUT2D eigenvalue weighted by Crippen LogP contribution is -2.24. The van der Waals surface area contributed by atoms with Crippen LogP contribution in [0.3, 0.4) is 0 Å². The molecule has 5 aromatic carbocycles. The molecule has 0 saturated heterocycles. The van der Waals surface area contributed by atoms with E-state index in [4.69, 9.17) is 4.42 Å². The maximum absolute atomic E-state index is 6.55. The lowest BCUT2D eigenvalue weighted by atomic mass is 9.82. The van der Waals surface area contributed by atoms with Crippen molar-refractivity contribution >= 4 is 28.4 Å². The summed E-state index contributed by atoms with van der Waals surface area (Å²) in [6, 6.07) is 43.9. The molecule has 41 heavy (non-hydrogen) atoms. The van der Waals surface area contributed by atoms with E-state index in [-0.39, 0.29) is 11.5 Å². The second-order valence-corrected chi connectivity index (χ2v) is 11.7. The van der Waals surface area contributed by atoms with Crippen molar-refractivity contribution in [3.63, 3.8) is 0 Å². The molecule has 0 fully saturated rings. The van der Waals surface area contributed by atoms with Crippen LogP contribution in [0.1, 0.15) is 48.8 Å². The van der Waals surface area contributed by atoms with Crippen LogP contribution in [0.25, 0.3) is 39.3 Å². The van der Waals surface area contributed by atoms with Gasteiger partial charge in [-0.05, 0) is 76.2 Å². The van der Waals surface area contributed by atoms with Gasteiger partial charge in [-0.1, -0.05) is 111 Å². The van der Waals surface area contributed by atoms with E-state index in [0.717, 1.165) is 29.1 Å². The summed E-state index contributed by atoms with van der Waals surface area (Å²) in [7, 11) is 0. The van der Waals surface area contributed by atoms with Crippen molar-refractivity contribution in [2.75, 3.05) is 4.90 Å². The number of hydrogen-bond acceptors (Lipinski definition) is 2. The first-order valence-electron chi connectivity index (χ1n) is 14.5. The fourth-order valence-electron chi connectivity index (χ4n) is 6.98. The quantitative estimate of drug-likeness (QED) is 0.226. The topological polar surface area (TPSA) is 16.4 Å². The van der Waals surface area contributed by atoms with E-state index in [1.54, 1.807) is 0 Å². The first-order chi connectivity index (χ1) is 20.1. The second-order valence-electron chi connectivity index (χ2n) is 11.7. The average Bonchev–Trinajstić information content (AvgIpc) is 3.51. The summed E-state index contributed by atoms with van der Waals surface area (Å²) in [4.78, 5) is 2.44. The minimum atomic E-state index is 0.00913. The van der Waals surface area contributed by atoms with Gasteiger partial charge in [0.1, 0.15) is 11.3 Å². The van der Waals surface area contributed by atoms with Gasteiger partial charge >= 0.3 is 0 Å². The number of nitrogens with zero attached hydrogens (tertiary/aromatic N) is 1. The third-order valence-corrected chi connectivity index (χ3v) is 9.00. The monoisotopic (exact) mass is 529 g/mol. The third-order valence-electron chi connectivity index (χ3n) is 9.00. The van der Waals surface area contributed by atoms with Crippen LogP contribution in [0.15, 0.2) is 132 Å². The highest BCUT2D eigenvalue weighted by Crippen LogP contribution is 2.50. The number of hydrogen-bond donors (Lipinski definition) is 0. The van der Waals surface area contributed by atoms with Gasteiger partial charge in [-0.25, -0.2) is 0 Å². The Morgan fingerprint density at radius 3 is 2.29 bits per heavy atom. The second kappa shape index (κ2) is 9.11. The summed E-state index contributed by atoms with van der Waals surface area (Å²) < 4.78 is 6.55. The standard InChI is InChI=1S/C39H31NO/c1-39(2)34-19-8-6-16-30(34)33-25-27(22-23-35(33)39)26-12-10-15-29(24-26)40(28-13-4-3-5-14-28)36-20-11-18-32-31-17-7-9-21-37(31)41-38(32)36/h3-19,21-25,36H,20H2,1-2H3. The van der Waals surface area contributed by atoms with Crippen molar-refractivity contribution in [2.24, 2.45) is 0 Å². The van der Waals surface area contributed by atoms with Crippen molar-refractivity contribution < 1.29 is 4.42 Å². The smallest absolute Gasteiger partial charge is 0.135 e. The van der Waals surface area contributed by atoms with Crippen LogP contribution in [-0.4, -0.2) is 0 Å². The molecular formula is C39H31NO. The van der Waals surface area contributed by atoms with Gasteiger partial charge in [-0.3, -0.25) is 0 Å². The number of rotatable bonds is 4. The molecule has 1 heterocycles. The van der Waals surface area contributed by atoms with Crippen molar-refractivity contribution in [2.45, 2.75) is 31.7 Å². The Morgan fingerprint density at radius 2 is 1.39 bits per heavy atom. The van der Waals surface area contributed by atoms with Gasteiger partial charge < -0.3 is 9.32 Å². The molecule has 2 nitrogen and oxygen atoms in total. The molecule has 0 spiro atoms. The third kappa shape index (κ3) is 3.71. The van der Waals surface area contributed by atoms with Crippen LogP contribution in [0, 0.1) is 0 Å². The van der Waals surface area contributed by atoms with Crippen molar-refractivity contribution in [1.82, 2.24) is 0 Å². The average molecular weight is 530 g/mol. The highest BCUT2D eigenvalue weighted by molar-refractivity contribution is 5.90. The van der Waals surface area contributed by atoms with Crippen LogP contribution >= 0.6 is 0 Å². The molecule has 8 rings (SSSR count). The predicted octanol–water partition coefficient (Wildman–Crippen LogP) is 10.7. The van der Waals surface area contributed by atoms with E-state index in [0.29, 0.717) is 0 Å². The zero-order valence-electron chi connectivity index (χ0n) is 23.3. The summed E-state index contributed by atoms with van der Waals surface area (Å²) in [5.74, 6) is 1.03. The summed E-state index contributed by atoms with van der Waals surface area (Å²) in [5.41, 5.74) is 12.4. The van der Waals surface area contributed by atoms with Crippen LogP contribution in [-0.2, 0) is 5.41 Å². The minimum absolute atomic E-state index is 0.00913. The number of furan rings is 1. The van der Waals surface area contributed by atoms with E-state index >= 15 is 0 Å². The fourth-order valence-corrected chi connectivity index (χ4v) is 6.98. The van der Waals surface area contributed by atoms with E-state index in [2.05, 4.69) is 146 Å². The van der Waals surface area contributed by atoms with Gasteiger partial charge in [0.05, 0.1) is 6.04 Å². The van der Waals surface area contributed by atoms with Crippen molar-refractivity contribution in [3.8, 4) is 22.3 Å². The summed E-state index contributed by atoms with van der Waals surface area (Å²) in [6.07, 6.45) is 5.38. The molecule has 1 unspecified atom stereocenters. The maximum atomic E-state index is 6.55. The van der Waals surface area contributed by atoms with Gasteiger partial charge in [-0.2, -0.15) is 0 Å².